The van der Waals surface area contributed by atoms with Crippen molar-refractivity contribution in [2.24, 2.45) is 5.92 Å². The van der Waals surface area contributed by atoms with E-state index in [2.05, 4.69) is 6.92 Å². The van der Waals surface area contributed by atoms with E-state index >= 15 is 0 Å². The molecule has 0 bridgehead atoms. The minimum absolute atomic E-state index is 0.366. The Morgan fingerprint density at radius 3 is 2.59 bits per heavy atom. The van der Waals surface area contributed by atoms with Crippen molar-refractivity contribution >= 4 is 9.84 Å². The highest BCUT2D eigenvalue weighted by Crippen LogP contribution is 2.24. The van der Waals surface area contributed by atoms with Crippen molar-refractivity contribution in [3.05, 3.63) is 53.5 Å². The zero-order chi connectivity index (χ0) is 12.3. The van der Waals surface area contributed by atoms with Crippen LogP contribution < -0.4 is 0 Å². The minimum atomic E-state index is -3.33. The van der Waals surface area contributed by atoms with Gasteiger partial charge in [-0.25, -0.2) is 8.42 Å². The molecule has 0 unspecified atom stereocenters. The first-order valence-corrected chi connectivity index (χ1v) is 7.27. The average molecular weight is 248 g/mol. The molecule has 90 valence electrons. The van der Waals surface area contributed by atoms with E-state index in [1.54, 1.807) is 30.3 Å². The van der Waals surface area contributed by atoms with Crippen LogP contribution in [0.2, 0.25) is 0 Å². The van der Waals surface area contributed by atoms with Gasteiger partial charge in [-0.15, -0.1) is 0 Å². The average Bonchev–Trinajstić information content (AvgIpc) is 2.55. The maximum Gasteiger partial charge on any atom is 0.206 e. The van der Waals surface area contributed by atoms with Gasteiger partial charge in [0.15, 0.2) is 0 Å². The normalized spacial score (nSPS) is 20.8. The molecular weight excluding hydrogens is 232 g/mol. The van der Waals surface area contributed by atoms with E-state index in [-0.39, 0.29) is 0 Å². The molecular formula is C14H16O2S. The van der Waals surface area contributed by atoms with Crippen molar-refractivity contribution in [1.82, 2.24) is 0 Å². The summed E-state index contributed by atoms with van der Waals surface area (Å²) in [6.07, 6.45) is 7.35. The van der Waals surface area contributed by atoms with Gasteiger partial charge in [0, 0.05) is 0 Å². The van der Waals surface area contributed by atoms with E-state index in [9.17, 15) is 8.42 Å². The van der Waals surface area contributed by atoms with Crippen LogP contribution in [-0.2, 0) is 9.84 Å². The summed E-state index contributed by atoms with van der Waals surface area (Å²) in [5, 5.41) is 0. The lowest BCUT2D eigenvalue weighted by atomic mass is 10.1. The van der Waals surface area contributed by atoms with Crippen LogP contribution in [0.15, 0.2) is 58.4 Å². The van der Waals surface area contributed by atoms with E-state index in [1.807, 2.05) is 18.2 Å². The molecule has 3 heteroatoms. The third-order valence-electron chi connectivity index (χ3n) is 2.92. The van der Waals surface area contributed by atoms with Gasteiger partial charge >= 0.3 is 0 Å². The summed E-state index contributed by atoms with van der Waals surface area (Å²) < 4.78 is 24.7. The minimum Gasteiger partial charge on any atom is -0.219 e. The van der Waals surface area contributed by atoms with E-state index in [0.717, 1.165) is 12.8 Å². The van der Waals surface area contributed by atoms with Gasteiger partial charge in [-0.05, 0) is 37.0 Å². The van der Waals surface area contributed by atoms with Crippen LogP contribution in [-0.4, -0.2) is 8.42 Å². The van der Waals surface area contributed by atoms with Crippen molar-refractivity contribution in [3.8, 4) is 0 Å². The van der Waals surface area contributed by atoms with Crippen molar-refractivity contribution in [3.63, 3.8) is 0 Å². The Morgan fingerprint density at radius 1 is 1.18 bits per heavy atom. The van der Waals surface area contributed by atoms with Gasteiger partial charge in [0.05, 0.1) is 9.80 Å². The molecule has 0 amide bonds. The van der Waals surface area contributed by atoms with Crippen LogP contribution in [0.25, 0.3) is 0 Å². The summed E-state index contributed by atoms with van der Waals surface area (Å²) in [5.74, 6) is 0.440. The van der Waals surface area contributed by atoms with E-state index in [4.69, 9.17) is 0 Å². The lowest BCUT2D eigenvalue weighted by Gasteiger charge is -2.04. The van der Waals surface area contributed by atoms with Crippen molar-refractivity contribution in [1.29, 1.82) is 0 Å². The predicted octanol–water partition coefficient (Wildman–Crippen LogP) is 3.33. The zero-order valence-corrected chi connectivity index (χ0v) is 10.7. The second-order valence-electron chi connectivity index (χ2n) is 4.34. The maximum atomic E-state index is 12.3. The molecule has 0 saturated heterocycles. The van der Waals surface area contributed by atoms with Gasteiger partial charge in [-0.3, -0.25) is 0 Å². The van der Waals surface area contributed by atoms with Gasteiger partial charge in [0.25, 0.3) is 0 Å². The Morgan fingerprint density at radius 2 is 1.88 bits per heavy atom. The summed E-state index contributed by atoms with van der Waals surface area (Å²) in [5.41, 5.74) is 0. The highest BCUT2D eigenvalue weighted by atomic mass is 32.2. The highest BCUT2D eigenvalue weighted by Gasteiger charge is 2.19. The standard InChI is InChI=1S/C14H16O2S/c1-12-6-5-9-14(11-10-12)17(15,16)13-7-3-2-4-8-13/h2-4,7-12H,5-6H2,1H3/t12-/m0/s1. The first kappa shape index (κ1) is 12.1. The lowest BCUT2D eigenvalue weighted by molar-refractivity contribution is 0.602. The Balaban J connectivity index is 2.40. The number of rotatable bonds is 2. The van der Waals surface area contributed by atoms with Crippen molar-refractivity contribution in [2.75, 3.05) is 0 Å². The van der Waals surface area contributed by atoms with E-state index in [1.165, 1.54) is 0 Å². The Labute approximate surface area is 103 Å². The molecule has 0 aromatic heterocycles. The Hall–Kier alpha value is -1.35. The molecule has 2 nitrogen and oxygen atoms in total. The van der Waals surface area contributed by atoms with Gasteiger partial charge in [-0.2, -0.15) is 0 Å². The van der Waals surface area contributed by atoms with Crippen LogP contribution in [0, 0.1) is 5.92 Å². The summed E-state index contributed by atoms with van der Waals surface area (Å²) in [6.45, 7) is 2.10. The Kier molecular flexibility index (Phi) is 3.48. The molecule has 17 heavy (non-hydrogen) atoms. The van der Waals surface area contributed by atoms with Crippen LogP contribution in [0.3, 0.4) is 0 Å². The largest absolute Gasteiger partial charge is 0.219 e. The summed E-state index contributed by atoms with van der Waals surface area (Å²) >= 11 is 0. The second kappa shape index (κ2) is 4.88. The molecule has 0 N–H and O–H groups in total. The number of benzene rings is 1. The fourth-order valence-electron chi connectivity index (χ4n) is 1.85. The fraction of sp³-hybridized carbons (Fsp3) is 0.286. The molecule has 0 saturated carbocycles. The SMILES string of the molecule is C[C@@H]1C=CC(S(=O)(=O)c2ccccc2)=CCC1. The number of hydrogen-bond donors (Lipinski definition) is 0. The molecule has 0 aliphatic heterocycles. The first-order chi connectivity index (χ1) is 8.10. The molecule has 0 radical (unpaired) electrons. The molecule has 0 spiro atoms. The van der Waals surface area contributed by atoms with Crippen LogP contribution in [0.4, 0.5) is 0 Å². The van der Waals surface area contributed by atoms with E-state index < -0.39 is 9.84 Å². The summed E-state index contributed by atoms with van der Waals surface area (Å²) in [7, 11) is -3.33. The van der Waals surface area contributed by atoms with Crippen molar-refractivity contribution in [2.45, 2.75) is 24.7 Å². The van der Waals surface area contributed by atoms with Gasteiger partial charge in [-0.1, -0.05) is 37.3 Å². The second-order valence-corrected chi connectivity index (χ2v) is 6.29. The highest BCUT2D eigenvalue weighted by molar-refractivity contribution is 7.95. The molecule has 1 atom stereocenters. The number of sulfone groups is 1. The quantitative estimate of drug-likeness (QED) is 0.804. The van der Waals surface area contributed by atoms with Gasteiger partial charge < -0.3 is 0 Å². The van der Waals surface area contributed by atoms with E-state index in [0.29, 0.717) is 15.7 Å². The maximum absolute atomic E-state index is 12.3. The first-order valence-electron chi connectivity index (χ1n) is 5.79. The zero-order valence-electron chi connectivity index (χ0n) is 9.84. The molecule has 0 fully saturated rings. The smallest absolute Gasteiger partial charge is 0.206 e. The van der Waals surface area contributed by atoms with Crippen LogP contribution in [0.5, 0.6) is 0 Å². The topological polar surface area (TPSA) is 34.1 Å². The van der Waals surface area contributed by atoms with Crippen LogP contribution in [0.1, 0.15) is 19.8 Å². The molecule has 2 rings (SSSR count). The Bertz CT molecular complexity index is 539. The summed E-state index contributed by atoms with van der Waals surface area (Å²) in [4.78, 5) is 0.790. The third kappa shape index (κ3) is 2.67. The third-order valence-corrected chi connectivity index (χ3v) is 4.74. The van der Waals surface area contributed by atoms with Crippen molar-refractivity contribution < 1.29 is 8.42 Å². The molecule has 1 aromatic rings. The van der Waals surface area contributed by atoms with Crippen LogP contribution >= 0.6 is 0 Å². The molecule has 0 heterocycles. The monoisotopic (exact) mass is 248 g/mol. The molecule has 1 aliphatic carbocycles. The number of hydrogen-bond acceptors (Lipinski definition) is 2. The van der Waals surface area contributed by atoms with Gasteiger partial charge in [0.1, 0.15) is 0 Å². The molecule has 1 aromatic carbocycles. The number of allylic oxidation sites excluding steroid dienone is 3. The summed E-state index contributed by atoms with van der Waals surface area (Å²) in [6, 6.07) is 8.59. The van der Waals surface area contributed by atoms with Gasteiger partial charge in [0.2, 0.25) is 9.84 Å². The molecule has 1 aliphatic rings. The fourth-order valence-corrected chi connectivity index (χ4v) is 3.23. The lowest BCUT2D eigenvalue weighted by Crippen LogP contribution is -2.02. The predicted molar refractivity (Wildman–Crippen MR) is 69.2 cm³/mol.